The number of nitrogens with zero attached hydrogens (tertiary/aromatic N) is 1. The lowest BCUT2D eigenvalue weighted by atomic mass is 10.2. The molecule has 0 bridgehead atoms. The van der Waals surface area contributed by atoms with Gasteiger partial charge in [0.2, 0.25) is 0 Å². The minimum Gasteiger partial charge on any atom is -0.493 e. The fourth-order valence-corrected chi connectivity index (χ4v) is 2.33. The first-order valence-corrected chi connectivity index (χ1v) is 6.68. The third kappa shape index (κ3) is 3.51. The Morgan fingerprint density at radius 1 is 1.24 bits per heavy atom. The molecule has 0 fully saturated rings. The van der Waals surface area contributed by atoms with Crippen molar-refractivity contribution in [2.75, 3.05) is 27.4 Å². The van der Waals surface area contributed by atoms with Crippen LogP contribution in [0.3, 0.4) is 0 Å². The van der Waals surface area contributed by atoms with Gasteiger partial charge >= 0.3 is 0 Å². The Labute approximate surface area is 125 Å². The van der Waals surface area contributed by atoms with Gasteiger partial charge in [0, 0.05) is 18.7 Å². The highest BCUT2D eigenvalue weighted by Crippen LogP contribution is 2.31. The lowest BCUT2D eigenvalue weighted by Gasteiger charge is -2.09. The van der Waals surface area contributed by atoms with Crippen LogP contribution in [0.1, 0.15) is 0 Å². The molecule has 116 valence electrons. The summed E-state index contributed by atoms with van der Waals surface area (Å²) < 4.78 is 41.7. The van der Waals surface area contributed by atoms with Crippen LogP contribution in [-0.4, -0.2) is 43.4 Å². The number of H-pyrrole nitrogens is 1. The standard InChI is InChI=1S/C13H16F2N2O3S/c1-18-10-5-8-9(6-11(10)19-2)17(13(21)16-8)3-4-20-7-12(14)15/h5-6,12H,3-4,7H2,1-2H3,(H,16,21). The van der Waals surface area contributed by atoms with Gasteiger partial charge in [0.25, 0.3) is 6.43 Å². The quantitative estimate of drug-likeness (QED) is 0.630. The highest BCUT2D eigenvalue weighted by molar-refractivity contribution is 7.71. The van der Waals surface area contributed by atoms with E-state index < -0.39 is 13.0 Å². The van der Waals surface area contributed by atoms with Gasteiger partial charge in [-0.3, -0.25) is 0 Å². The number of alkyl halides is 2. The van der Waals surface area contributed by atoms with Gasteiger partial charge in [0.15, 0.2) is 16.3 Å². The van der Waals surface area contributed by atoms with Crippen molar-refractivity contribution in [1.82, 2.24) is 9.55 Å². The summed E-state index contributed by atoms with van der Waals surface area (Å²) in [6.07, 6.45) is -2.47. The van der Waals surface area contributed by atoms with Crippen molar-refractivity contribution in [1.29, 1.82) is 0 Å². The number of ether oxygens (including phenoxy) is 3. The number of methoxy groups -OCH3 is 2. The Hall–Kier alpha value is -1.67. The smallest absolute Gasteiger partial charge is 0.261 e. The Morgan fingerprint density at radius 3 is 2.52 bits per heavy atom. The van der Waals surface area contributed by atoms with Gasteiger partial charge in [-0.05, 0) is 12.2 Å². The van der Waals surface area contributed by atoms with E-state index in [1.807, 2.05) is 0 Å². The van der Waals surface area contributed by atoms with Crippen molar-refractivity contribution in [3.05, 3.63) is 16.9 Å². The number of aromatic amines is 1. The van der Waals surface area contributed by atoms with Crippen LogP contribution in [0.15, 0.2) is 12.1 Å². The number of imidazole rings is 1. The molecule has 0 aliphatic carbocycles. The Balaban J connectivity index is 2.27. The summed E-state index contributed by atoms with van der Waals surface area (Å²) in [5.74, 6) is 1.16. The van der Waals surface area contributed by atoms with Gasteiger partial charge in [0.1, 0.15) is 6.61 Å². The van der Waals surface area contributed by atoms with E-state index in [2.05, 4.69) is 4.98 Å². The van der Waals surface area contributed by atoms with Crippen molar-refractivity contribution in [3.63, 3.8) is 0 Å². The maximum atomic E-state index is 12.0. The molecule has 0 amide bonds. The van der Waals surface area contributed by atoms with Crippen LogP contribution in [0, 0.1) is 4.77 Å². The normalized spacial score (nSPS) is 11.3. The van der Waals surface area contributed by atoms with Crippen LogP contribution in [0.2, 0.25) is 0 Å². The Bertz CT molecular complexity index is 669. The molecule has 0 atom stereocenters. The number of rotatable bonds is 7. The van der Waals surface area contributed by atoms with Crippen LogP contribution in [-0.2, 0) is 11.3 Å². The first-order valence-electron chi connectivity index (χ1n) is 6.27. The van der Waals surface area contributed by atoms with Gasteiger partial charge in [-0.15, -0.1) is 0 Å². The van der Waals surface area contributed by atoms with Crippen LogP contribution < -0.4 is 9.47 Å². The Kier molecular flexibility index (Phi) is 5.13. The molecule has 1 N–H and O–H groups in total. The summed E-state index contributed by atoms with van der Waals surface area (Å²) >= 11 is 5.24. The summed E-state index contributed by atoms with van der Waals surface area (Å²) in [7, 11) is 3.09. The number of aromatic nitrogens is 2. The average molecular weight is 318 g/mol. The molecule has 1 aromatic carbocycles. The van der Waals surface area contributed by atoms with E-state index in [1.165, 1.54) is 0 Å². The molecule has 1 heterocycles. The molecule has 0 saturated carbocycles. The summed E-state index contributed by atoms with van der Waals surface area (Å²) in [5.41, 5.74) is 1.59. The molecule has 0 aliphatic heterocycles. The molecular weight excluding hydrogens is 302 g/mol. The third-order valence-electron chi connectivity index (χ3n) is 2.98. The largest absolute Gasteiger partial charge is 0.493 e. The van der Waals surface area contributed by atoms with E-state index in [9.17, 15) is 8.78 Å². The molecule has 8 heteroatoms. The molecule has 0 radical (unpaired) electrons. The molecule has 2 rings (SSSR count). The first-order chi connectivity index (χ1) is 10.1. The van der Waals surface area contributed by atoms with Crippen LogP contribution in [0.25, 0.3) is 11.0 Å². The maximum absolute atomic E-state index is 12.0. The molecule has 1 aromatic heterocycles. The minimum atomic E-state index is -2.47. The predicted octanol–water partition coefficient (Wildman–Crippen LogP) is 3.00. The minimum absolute atomic E-state index is 0.153. The first kappa shape index (κ1) is 15.7. The summed E-state index contributed by atoms with van der Waals surface area (Å²) in [4.78, 5) is 3.04. The summed E-state index contributed by atoms with van der Waals surface area (Å²) in [5, 5.41) is 0. The van der Waals surface area contributed by atoms with Gasteiger partial charge in [-0.25, -0.2) is 8.78 Å². The van der Waals surface area contributed by atoms with Crippen molar-refractivity contribution in [3.8, 4) is 11.5 Å². The zero-order valence-electron chi connectivity index (χ0n) is 11.7. The number of benzene rings is 1. The third-order valence-corrected chi connectivity index (χ3v) is 3.30. The molecule has 21 heavy (non-hydrogen) atoms. The molecule has 2 aromatic rings. The number of nitrogens with one attached hydrogen (secondary N) is 1. The summed E-state index contributed by atoms with van der Waals surface area (Å²) in [6.45, 7) is -0.0478. The van der Waals surface area contributed by atoms with Gasteiger partial charge < -0.3 is 23.8 Å². The second-order valence-electron chi connectivity index (χ2n) is 4.27. The number of hydrogen-bond acceptors (Lipinski definition) is 4. The molecule has 0 spiro atoms. The van der Waals surface area contributed by atoms with Crippen molar-refractivity contribution >= 4 is 23.3 Å². The molecule has 0 saturated heterocycles. The van der Waals surface area contributed by atoms with E-state index in [0.717, 1.165) is 11.0 Å². The monoisotopic (exact) mass is 318 g/mol. The topological polar surface area (TPSA) is 48.4 Å². The van der Waals surface area contributed by atoms with E-state index in [0.29, 0.717) is 22.8 Å². The number of fused-ring (bicyclic) bond motifs is 1. The van der Waals surface area contributed by atoms with Crippen LogP contribution in [0.4, 0.5) is 8.78 Å². The van der Waals surface area contributed by atoms with Crippen molar-refractivity contribution in [2.24, 2.45) is 0 Å². The van der Waals surface area contributed by atoms with Crippen molar-refractivity contribution in [2.45, 2.75) is 13.0 Å². The highest BCUT2D eigenvalue weighted by atomic mass is 32.1. The second kappa shape index (κ2) is 6.86. The highest BCUT2D eigenvalue weighted by Gasteiger charge is 2.11. The summed E-state index contributed by atoms with van der Waals surface area (Å²) in [6, 6.07) is 3.56. The van der Waals surface area contributed by atoms with Crippen LogP contribution in [0.5, 0.6) is 11.5 Å². The second-order valence-corrected chi connectivity index (χ2v) is 4.66. The number of hydrogen-bond donors (Lipinski definition) is 1. The van der Waals surface area contributed by atoms with Crippen molar-refractivity contribution < 1.29 is 23.0 Å². The molecule has 0 aliphatic rings. The Morgan fingerprint density at radius 2 is 1.90 bits per heavy atom. The fourth-order valence-electron chi connectivity index (χ4n) is 2.03. The zero-order chi connectivity index (χ0) is 15.4. The van der Waals surface area contributed by atoms with Gasteiger partial charge in [-0.1, -0.05) is 0 Å². The lowest BCUT2D eigenvalue weighted by Crippen LogP contribution is -2.10. The maximum Gasteiger partial charge on any atom is 0.261 e. The van der Waals surface area contributed by atoms with E-state index in [-0.39, 0.29) is 6.61 Å². The average Bonchev–Trinajstić information content (AvgIpc) is 2.76. The van der Waals surface area contributed by atoms with E-state index >= 15 is 0 Å². The predicted molar refractivity (Wildman–Crippen MR) is 77.0 cm³/mol. The molecular formula is C13H16F2N2O3S. The van der Waals surface area contributed by atoms with E-state index in [4.69, 9.17) is 26.4 Å². The molecule has 0 unspecified atom stereocenters. The fraction of sp³-hybridized carbons (Fsp3) is 0.462. The SMILES string of the molecule is COc1cc2[nH]c(=S)n(CCOCC(F)F)c2cc1OC. The van der Waals surface area contributed by atoms with Crippen LogP contribution >= 0.6 is 12.2 Å². The molecule has 5 nitrogen and oxygen atoms in total. The lowest BCUT2D eigenvalue weighted by molar-refractivity contribution is 0.0149. The van der Waals surface area contributed by atoms with Gasteiger partial charge in [-0.2, -0.15) is 0 Å². The zero-order valence-corrected chi connectivity index (χ0v) is 12.5. The van der Waals surface area contributed by atoms with Gasteiger partial charge in [0.05, 0.1) is 31.9 Å². The van der Waals surface area contributed by atoms with E-state index in [1.54, 1.807) is 30.9 Å². The number of halogens is 2.